The van der Waals surface area contributed by atoms with Gasteiger partial charge in [-0.05, 0) is 36.8 Å². The predicted molar refractivity (Wildman–Crippen MR) is 131 cm³/mol. The molecular formula is C26H35N3O4. The van der Waals surface area contributed by atoms with E-state index in [1.807, 2.05) is 24.3 Å². The van der Waals surface area contributed by atoms with E-state index in [4.69, 9.17) is 9.47 Å². The zero-order valence-corrected chi connectivity index (χ0v) is 19.5. The average molecular weight is 454 g/mol. The van der Waals surface area contributed by atoms with E-state index in [0.29, 0.717) is 44.2 Å². The maximum Gasteiger partial charge on any atom is 0.254 e. The van der Waals surface area contributed by atoms with Crippen molar-refractivity contribution in [2.24, 2.45) is 0 Å². The van der Waals surface area contributed by atoms with Crippen LogP contribution in [-0.2, 0) is 9.53 Å². The van der Waals surface area contributed by atoms with Gasteiger partial charge in [-0.25, -0.2) is 0 Å². The fourth-order valence-corrected chi connectivity index (χ4v) is 3.66. The van der Waals surface area contributed by atoms with Crippen LogP contribution in [0, 0.1) is 0 Å². The fraction of sp³-hybridized carbons (Fsp3) is 0.462. The van der Waals surface area contributed by atoms with Gasteiger partial charge in [0.2, 0.25) is 5.91 Å². The van der Waals surface area contributed by atoms with Crippen LogP contribution in [0.15, 0.2) is 48.5 Å². The van der Waals surface area contributed by atoms with E-state index in [-0.39, 0.29) is 18.4 Å². The summed E-state index contributed by atoms with van der Waals surface area (Å²) in [7, 11) is 0. The standard InChI is InChI=1S/C26H35N3O4/c1-2-3-4-5-6-15-33-24-12-8-10-22(19-24)27-20-25(30)28-23-11-7-9-21(18-23)26(31)29-13-16-32-17-14-29/h7-12,18-19,27H,2-6,13-17,20H2,1H3,(H,28,30). The lowest BCUT2D eigenvalue weighted by molar-refractivity contribution is -0.114. The van der Waals surface area contributed by atoms with Crippen LogP contribution in [0.1, 0.15) is 49.4 Å². The summed E-state index contributed by atoms with van der Waals surface area (Å²) < 4.78 is 11.1. The summed E-state index contributed by atoms with van der Waals surface area (Å²) in [5.74, 6) is 0.563. The SMILES string of the molecule is CCCCCCCOc1cccc(NCC(=O)Nc2cccc(C(=O)N3CCOCC3)c2)c1. The maximum absolute atomic E-state index is 12.7. The van der Waals surface area contributed by atoms with Crippen LogP contribution in [0.4, 0.5) is 11.4 Å². The molecule has 33 heavy (non-hydrogen) atoms. The van der Waals surface area contributed by atoms with Gasteiger partial charge in [0.1, 0.15) is 5.75 Å². The Kier molecular flexibility index (Phi) is 10.0. The smallest absolute Gasteiger partial charge is 0.254 e. The van der Waals surface area contributed by atoms with Gasteiger partial charge in [0.05, 0.1) is 26.4 Å². The van der Waals surface area contributed by atoms with Crippen molar-refractivity contribution in [3.8, 4) is 5.75 Å². The average Bonchev–Trinajstić information content (AvgIpc) is 2.85. The molecule has 0 saturated carbocycles. The molecule has 0 aliphatic carbocycles. The van der Waals surface area contributed by atoms with Crippen molar-refractivity contribution in [2.75, 3.05) is 50.1 Å². The Labute approximate surface area is 196 Å². The second-order valence-electron chi connectivity index (χ2n) is 8.18. The van der Waals surface area contributed by atoms with Gasteiger partial charge in [0, 0.05) is 36.1 Å². The highest BCUT2D eigenvalue weighted by Gasteiger charge is 2.18. The van der Waals surface area contributed by atoms with Crippen LogP contribution in [-0.4, -0.2) is 56.2 Å². The minimum atomic E-state index is -0.187. The second kappa shape index (κ2) is 13.5. The number of hydrogen-bond acceptors (Lipinski definition) is 5. The van der Waals surface area contributed by atoms with E-state index in [1.165, 1.54) is 25.7 Å². The number of hydrogen-bond donors (Lipinski definition) is 2. The summed E-state index contributed by atoms with van der Waals surface area (Å²) in [5, 5.41) is 5.99. The summed E-state index contributed by atoms with van der Waals surface area (Å²) in [6.07, 6.45) is 6.00. The molecule has 3 rings (SSSR count). The number of anilines is 2. The summed E-state index contributed by atoms with van der Waals surface area (Å²) in [6, 6.07) is 14.7. The highest BCUT2D eigenvalue weighted by Crippen LogP contribution is 2.18. The lowest BCUT2D eigenvalue weighted by Crippen LogP contribution is -2.40. The minimum Gasteiger partial charge on any atom is -0.494 e. The number of benzene rings is 2. The van der Waals surface area contributed by atoms with Crippen molar-refractivity contribution in [3.63, 3.8) is 0 Å². The van der Waals surface area contributed by atoms with Crippen molar-refractivity contribution >= 4 is 23.2 Å². The van der Waals surface area contributed by atoms with Crippen molar-refractivity contribution in [2.45, 2.75) is 39.0 Å². The Balaban J connectivity index is 1.44. The molecule has 2 aromatic carbocycles. The van der Waals surface area contributed by atoms with Gasteiger partial charge in [-0.3, -0.25) is 9.59 Å². The number of carbonyl (C=O) groups is 2. The first-order chi connectivity index (χ1) is 16.2. The maximum atomic E-state index is 12.7. The molecule has 0 aromatic heterocycles. The van der Waals surface area contributed by atoms with E-state index in [1.54, 1.807) is 29.2 Å². The predicted octanol–water partition coefficient (Wildman–Crippen LogP) is 4.56. The summed E-state index contributed by atoms with van der Waals surface area (Å²) in [5.41, 5.74) is 1.98. The topological polar surface area (TPSA) is 79.9 Å². The van der Waals surface area contributed by atoms with Gasteiger partial charge in [0.15, 0.2) is 0 Å². The number of morpholine rings is 1. The van der Waals surface area contributed by atoms with Gasteiger partial charge in [0.25, 0.3) is 5.91 Å². The van der Waals surface area contributed by atoms with Gasteiger partial charge in [-0.1, -0.05) is 44.7 Å². The molecule has 7 nitrogen and oxygen atoms in total. The third kappa shape index (κ3) is 8.42. The van der Waals surface area contributed by atoms with Gasteiger partial charge in [-0.2, -0.15) is 0 Å². The minimum absolute atomic E-state index is 0.0466. The largest absolute Gasteiger partial charge is 0.494 e. The molecule has 0 bridgehead atoms. The van der Waals surface area contributed by atoms with Crippen LogP contribution in [0.5, 0.6) is 5.75 Å². The molecule has 0 atom stereocenters. The Morgan fingerprint density at radius 1 is 0.970 bits per heavy atom. The van der Waals surface area contributed by atoms with E-state index < -0.39 is 0 Å². The van der Waals surface area contributed by atoms with Crippen molar-refractivity contribution < 1.29 is 19.1 Å². The Hall–Kier alpha value is -3.06. The number of unbranched alkanes of at least 4 members (excludes halogenated alkanes) is 4. The molecule has 0 radical (unpaired) electrons. The molecule has 2 amide bonds. The van der Waals surface area contributed by atoms with Gasteiger partial charge < -0.3 is 25.0 Å². The number of carbonyl (C=O) groups excluding carboxylic acids is 2. The summed E-state index contributed by atoms with van der Waals surface area (Å²) in [4.78, 5) is 26.9. The molecule has 0 spiro atoms. The van der Waals surface area contributed by atoms with E-state index in [2.05, 4.69) is 17.6 Å². The Bertz CT molecular complexity index is 897. The summed E-state index contributed by atoms with van der Waals surface area (Å²) in [6.45, 7) is 5.30. The Morgan fingerprint density at radius 2 is 1.73 bits per heavy atom. The lowest BCUT2D eigenvalue weighted by atomic mass is 10.1. The quantitative estimate of drug-likeness (QED) is 0.461. The molecule has 1 heterocycles. The molecule has 1 aliphatic heterocycles. The number of rotatable bonds is 12. The van der Waals surface area contributed by atoms with E-state index in [0.717, 1.165) is 17.9 Å². The highest BCUT2D eigenvalue weighted by atomic mass is 16.5. The number of amides is 2. The zero-order valence-electron chi connectivity index (χ0n) is 19.5. The van der Waals surface area contributed by atoms with Crippen LogP contribution >= 0.6 is 0 Å². The highest BCUT2D eigenvalue weighted by molar-refractivity contribution is 5.98. The zero-order chi connectivity index (χ0) is 23.3. The van der Waals surface area contributed by atoms with Crippen molar-refractivity contribution in [1.29, 1.82) is 0 Å². The molecule has 1 aliphatic rings. The van der Waals surface area contributed by atoms with Gasteiger partial charge in [-0.15, -0.1) is 0 Å². The van der Waals surface area contributed by atoms with Gasteiger partial charge >= 0.3 is 0 Å². The molecule has 0 unspecified atom stereocenters. The monoisotopic (exact) mass is 453 g/mol. The number of nitrogens with zero attached hydrogens (tertiary/aromatic N) is 1. The fourth-order valence-electron chi connectivity index (χ4n) is 3.66. The van der Waals surface area contributed by atoms with E-state index in [9.17, 15) is 9.59 Å². The Morgan fingerprint density at radius 3 is 2.55 bits per heavy atom. The molecular weight excluding hydrogens is 418 g/mol. The lowest BCUT2D eigenvalue weighted by Gasteiger charge is -2.27. The van der Waals surface area contributed by atoms with Crippen LogP contribution in [0.25, 0.3) is 0 Å². The second-order valence-corrected chi connectivity index (χ2v) is 8.18. The normalized spacial score (nSPS) is 13.4. The molecule has 2 N–H and O–H groups in total. The van der Waals surface area contributed by atoms with Crippen LogP contribution in [0.3, 0.4) is 0 Å². The first kappa shape index (κ1) is 24.6. The number of ether oxygens (including phenoxy) is 2. The first-order valence-electron chi connectivity index (χ1n) is 11.9. The third-order valence-electron chi connectivity index (χ3n) is 5.50. The van der Waals surface area contributed by atoms with E-state index >= 15 is 0 Å². The summed E-state index contributed by atoms with van der Waals surface area (Å²) >= 11 is 0. The first-order valence-corrected chi connectivity index (χ1v) is 11.9. The molecule has 178 valence electrons. The molecule has 1 fully saturated rings. The third-order valence-corrected chi connectivity index (χ3v) is 5.50. The molecule has 2 aromatic rings. The van der Waals surface area contributed by atoms with Crippen molar-refractivity contribution in [1.82, 2.24) is 4.90 Å². The van der Waals surface area contributed by atoms with Crippen LogP contribution in [0.2, 0.25) is 0 Å². The molecule has 1 saturated heterocycles. The van der Waals surface area contributed by atoms with Crippen LogP contribution < -0.4 is 15.4 Å². The van der Waals surface area contributed by atoms with Crippen molar-refractivity contribution in [3.05, 3.63) is 54.1 Å². The number of nitrogens with one attached hydrogen (secondary N) is 2. The molecule has 7 heteroatoms.